The maximum absolute atomic E-state index is 12.4. The lowest BCUT2D eigenvalue weighted by Gasteiger charge is -2.08. The van der Waals surface area contributed by atoms with Gasteiger partial charge in [-0.1, -0.05) is 24.3 Å². The van der Waals surface area contributed by atoms with Gasteiger partial charge in [0.1, 0.15) is 0 Å². The molecule has 144 valence electrons. The Morgan fingerprint density at radius 2 is 1.79 bits per heavy atom. The van der Waals surface area contributed by atoms with Crippen molar-refractivity contribution in [1.82, 2.24) is 14.9 Å². The zero-order valence-corrected chi connectivity index (χ0v) is 15.6. The first-order chi connectivity index (χ1) is 13.6. The Balaban J connectivity index is 1.51. The minimum Gasteiger partial charge on any atom is -0.359 e. The molecule has 0 radical (unpaired) electrons. The quantitative estimate of drug-likeness (QED) is 0.658. The van der Waals surface area contributed by atoms with Gasteiger partial charge in [0.05, 0.1) is 23.7 Å². The summed E-state index contributed by atoms with van der Waals surface area (Å²) < 4.78 is 1.53. The van der Waals surface area contributed by atoms with Crippen LogP contribution < -0.4 is 16.2 Å². The molecule has 0 atom stereocenters. The molecule has 0 aliphatic carbocycles. The summed E-state index contributed by atoms with van der Waals surface area (Å²) in [5, 5.41) is 5.97. The van der Waals surface area contributed by atoms with E-state index in [1.807, 2.05) is 24.3 Å². The fourth-order valence-corrected chi connectivity index (χ4v) is 2.88. The fourth-order valence-electron chi connectivity index (χ4n) is 2.88. The zero-order chi connectivity index (χ0) is 19.9. The van der Waals surface area contributed by atoms with Crippen LogP contribution in [0, 0.1) is 0 Å². The number of hydrogen-bond acceptors (Lipinski definition) is 4. The van der Waals surface area contributed by atoms with Crippen molar-refractivity contribution in [3.05, 3.63) is 70.8 Å². The molecule has 1 heterocycles. The molecule has 3 rings (SSSR count). The summed E-state index contributed by atoms with van der Waals surface area (Å²) in [5.74, 6) is -0.184. The monoisotopic (exact) mass is 378 g/mol. The van der Waals surface area contributed by atoms with Gasteiger partial charge in [-0.2, -0.15) is 0 Å². The molecule has 7 nitrogen and oxygen atoms in total. The lowest BCUT2D eigenvalue weighted by molar-refractivity contribution is -0.120. The number of carbonyl (C=O) groups is 2. The van der Waals surface area contributed by atoms with E-state index in [2.05, 4.69) is 15.6 Å². The molecule has 28 heavy (non-hydrogen) atoms. The smallest absolute Gasteiger partial charge is 0.261 e. The van der Waals surface area contributed by atoms with Crippen LogP contribution in [0.4, 0.5) is 5.69 Å². The molecular weight excluding hydrogens is 356 g/mol. The molecule has 0 saturated carbocycles. The maximum Gasteiger partial charge on any atom is 0.261 e. The number of aryl methyl sites for hydroxylation is 1. The number of amides is 2. The third-order valence-corrected chi connectivity index (χ3v) is 4.42. The van der Waals surface area contributed by atoms with Crippen LogP contribution in [0.5, 0.6) is 0 Å². The highest BCUT2D eigenvalue weighted by atomic mass is 16.2. The number of nitrogens with one attached hydrogen (secondary N) is 2. The molecule has 0 unspecified atom stereocenters. The summed E-state index contributed by atoms with van der Waals surface area (Å²) in [6.07, 6.45) is 2.65. The number of para-hydroxylation sites is 1. The first-order valence-electron chi connectivity index (χ1n) is 9.10. The fraction of sp³-hybridized carbons (Fsp3) is 0.238. The normalized spacial score (nSPS) is 10.6. The minimum atomic E-state index is -0.124. The number of nitrogens with zero attached hydrogens (tertiary/aromatic N) is 2. The minimum absolute atomic E-state index is 0.0600. The first kappa shape index (κ1) is 19.3. The molecule has 3 aromatic rings. The van der Waals surface area contributed by atoms with Gasteiger partial charge < -0.3 is 10.6 Å². The Labute approximate surface area is 162 Å². The molecule has 2 aromatic carbocycles. The average molecular weight is 378 g/mol. The van der Waals surface area contributed by atoms with Gasteiger partial charge in [-0.15, -0.1) is 0 Å². The number of likely N-dealkylation sites (N-methyl/N-ethyl adjacent to an activating group) is 1. The third-order valence-electron chi connectivity index (χ3n) is 4.42. The molecule has 0 aliphatic heterocycles. The summed E-state index contributed by atoms with van der Waals surface area (Å²) in [6.45, 7) is 0.426. The van der Waals surface area contributed by atoms with Gasteiger partial charge in [0, 0.05) is 25.7 Å². The average Bonchev–Trinajstić information content (AvgIpc) is 2.71. The summed E-state index contributed by atoms with van der Waals surface area (Å²) in [7, 11) is 1.60. The van der Waals surface area contributed by atoms with Crippen LogP contribution in [0.25, 0.3) is 10.9 Å². The highest BCUT2D eigenvalue weighted by Gasteiger charge is 2.06. The first-order valence-corrected chi connectivity index (χ1v) is 9.10. The largest absolute Gasteiger partial charge is 0.359 e. The number of anilines is 1. The second-order valence-corrected chi connectivity index (χ2v) is 6.46. The predicted molar refractivity (Wildman–Crippen MR) is 108 cm³/mol. The molecular formula is C21H22N4O3. The molecule has 2 amide bonds. The Morgan fingerprint density at radius 3 is 2.54 bits per heavy atom. The summed E-state index contributed by atoms with van der Waals surface area (Å²) in [5.41, 5.74) is 2.12. The Bertz CT molecular complexity index is 1040. The topological polar surface area (TPSA) is 93.1 Å². The van der Waals surface area contributed by atoms with Gasteiger partial charge in [-0.25, -0.2) is 4.98 Å². The Morgan fingerprint density at radius 1 is 1.04 bits per heavy atom. The lowest BCUT2D eigenvalue weighted by atomic mass is 10.1. The van der Waals surface area contributed by atoms with Crippen LogP contribution in [0.15, 0.2) is 59.7 Å². The van der Waals surface area contributed by atoms with E-state index in [0.717, 1.165) is 5.56 Å². The number of hydrogen-bond donors (Lipinski definition) is 2. The van der Waals surface area contributed by atoms with Crippen LogP contribution in [-0.4, -0.2) is 28.4 Å². The second kappa shape index (κ2) is 8.94. The van der Waals surface area contributed by atoms with E-state index in [1.165, 1.54) is 10.9 Å². The number of fused-ring (bicyclic) bond motifs is 1. The van der Waals surface area contributed by atoms with E-state index in [0.29, 0.717) is 42.4 Å². The molecule has 2 N–H and O–H groups in total. The third kappa shape index (κ3) is 4.82. The zero-order valence-electron chi connectivity index (χ0n) is 15.6. The number of benzene rings is 2. The highest BCUT2D eigenvalue weighted by molar-refractivity contribution is 5.90. The van der Waals surface area contributed by atoms with Crippen LogP contribution in [-0.2, 0) is 22.6 Å². The predicted octanol–water partition coefficient (Wildman–Crippen LogP) is 2.10. The summed E-state index contributed by atoms with van der Waals surface area (Å²) >= 11 is 0. The second-order valence-electron chi connectivity index (χ2n) is 6.46. The van der Waals surface area contributed by atoms with Crippen molar-refractivity contribution in [2.24, 2.45) is 0 Å². The Hall–Kier alpha value is -3.48. The van der Waals surface area contributed by atoms with Gasteiger partial charge in [0.2, 0.25) is 11.8 Å². The Kier molecular flexibility index (Phi) is 6.16. The molecule has 0 aliphatic rings. The van der Waals surface area contributed by atoms with Gasteiger partial charge >= 0.3 is 0 Å². The van der Waals surface area contributed by atoms with Crippen molar-refractivity contribution in [3.8, 4) is 0 Å². The summed E-state index contributed by atoms with van der Waals surface area (Å²) in [6, 6.07) is 14.4. The van der Waals surface area contributed by atoms with E-state index in [4.69, 9.17) is 0 Å². The molecule has 7 heteroatoms. The lowest BCUT2D eigenvalue weighted by Crippen LogP contribution is -2.21. The maximum atomic E-state index is 12.4. The van der Waals surface area contributed by atoms with Crippen molar-refractivity contribution in [2.75, 3.05) is 12.4 Å². The molecule has 0 fully saturated rings. The SMILES string of the molecule is CNC(=O)Cc1ccc(NC(=O)CCCn2cnc3ccccc3c2=O)cc1. The van der Waals surface area contributed by atoms with Gasteiger partial charge in [-0.3, -0.25) is 19.0 Å². The van der Waals surface area contributed by atoms with Crippen LogP contribution in [0.3, 0.4) is 0 Å². The highest BCUT2D eigenvalue weighted by Crippen LogP contribution is 2.11. The van der Waals surface area contributed by atoms with Crippen LogP contribution in [0.1, 0.15) is 18.4 Å². The number of carbonyl (C=O) groups excluding carboxylic acids is 2. The van der Waals surface area contributed by atoms with E-state index in [1.54, 1.807) is 31.3 Å². The number of aromatic nitrogens is 2. The van der Waals surface area contributed by atoms with Gasteiger partial charge in [0.25, 0.3) is 5.56 Å². The molecule has 0 saturated heterocycles. The van der Waals surface area contributed by atoms with E-state index < -0.39 is 0 Å². The van der Waals surface area contributed by atoms with Crippen LogP contribution in [0.2, 0.25) is 0 Å². The van der Waals surface area contributed by atoms with Crippen molar-refractivity contribution < 1.29 is 9.59 Å². The van der Waals surface area contributed by atoms with Crippen molar-refractivity contribution in [2.45, 2.75) is 25.8 Å². The van der Waals surface area contributed by atoms with Crippen molar-refractivity contribution >= 4 is 28.4 Å². The van der Waals surface area contributed by atoms with Gasteiger partial charge in [0.15, 0.2) is 0 Å². The summed E-state index contributed by atoms with van der Waals surface area (Å²) in [4.78, 5) is 40.2. The van der Waals surface area contributed by atoms with E-state index in [9.17, 15) is 14.4 Å². The van der Waals surface area contributed by atoms with E-state index >= 15 is 0 Å². The number of rotatable bonds is 7. The molecule has 0 bridgehead atoms. The molecule has 1 aromatic heterocycles. The van der Waals surface area contributed by atoms with Crippen molar-refractivity contribution in [1.29, 1.82) is 0 Å². The van der Waals surface area contributed by atoms with Gasteiger partial charge in [-0.05, 0) is 36.2 Å². The van der Waals surface area contributed by atoms with Crippen LogP contribution >= 0.6 is 0 Å². The molecule has 0 spiro atoms. The standard InChI is InChI=1S/C21H22N4O3/c1-22-20(27)13-15-8-10-16(11-9-15)24-19(26)7-4-12-25-14-23-18-6-3-2-5-17(18)21(25)28/h2-3,5-6,8-11,14H,4,7,12-13H2,1H3,(H,22,27)(H,24,26). The van der Waals surface area contributed by atoms with E-state index in [-0.39, 0.29) is 17.4 Å². The van der Waals surface area contributed by atoms with Crippen molar-refractivity contribution in [3.63, 3.8) is 0 Å².